The minimum absolute atomic E-state index is 0.0772. The summed E-state index contributed by atoms with van der Waals surface area (Å²) in [5.41, 5.74) is 10.3. The van der Waals surface area contributed by atoms with Crippen LogP contribution in [0, 0.1) is 0 Å². The van der Waals surface area contributed by atoms with Crippen molar-refractivity contribution in [3.63, 3.8) is 0 Å². The van der Waals surface area contributed by atoms with E-state index in [4.69, 9.17) is 5.73 Å². The number of H-pyrrole nitrogens is 1. The number of aromatic amines is 1. The highest BCUT2D eigenvalue weighted by atomic mass is 32.2. The fourth-order valence-electron chi connectivity index (χ4n) is 5.12. The summed E-state index contributed by atoms with van der Waals surface area (Å²) < 4.78 is 29.8. The lowest BCUT2D eigenvalue weighted by Gasteiger charge is -2.34. The summed E-state index contributed by atoms with van der Waals surface area (Å²) in [6.07, 6.45) is 5.36. The topological polar surface area (TPSA) is 137 Å². The largest absolute Gasteiger partial charge is 0.399 e. The van der Waals surface area contributed by atoms with Crippen LogP contribution in [-0.4, -0.2) is 65.5 Å². The van der Waals surface area contributed by atoms with Gasteiger partial charge in [0.15, 0.2) is 0 Å². The molecule has 0 spiro atoms. The number of sulfonamides is 1. The number of pyridine rings is 1. The maximum absolute atomic E-state index is 13.6. The Labute approximate surface area is 237 Å². The molecule has 0 saturated carbocycles. The number of carbonyl (C=O) groups excluding carboxylic acids is 1. The van der Waals surface area contributed by atoms with Crippen LogP contribution in [0.15, 0.2) is 96.3 Å². The van der Waals surface area contributed by atoms with Crippen molar-refractivity contribution in [3.8, 4) is 11.1 Å². The Bertz CT molecular complexity index is 1790. The first-order chi connectivity index (χ1) is 19.9. The Morgan fingerprint density at radius 1 is 0.951 bits per heavy atom. The molecule has 208 valence electrons. The van der Waals surface area contributed by atoms with Crippen molar-refractivity contribution in [2.45, 2.75) is 11.4 Å². The molecule has 0 atom stereocenters. The van der Waals surface area contributed by atoms with Crippen LogP contribution in [-0.2, 0) is 16.6 Å². The van der Waals surface area contributed by atoms with Crippen LogP contribution in [0.5, 0.6) is 0 Å². The molecule has 41 heavy (non-hydrogen) atoms. The number of benzene rings is 3. The molecule has 4 N–H and O–H groups in total. The van der Waals surface area contributed by atoms with Crippen molar-refractivity contribution in [2.75, 3.05) is 36.6 Å². The minimum Gasteiger partial charge on any atom is -0.399 e. The van der Waals surface area contributed by atoms with Gasteiger partial charge in [0.05, 0.1) is 16.6 Å². The Morgan fingerprint density at radius 2 is 1.73 bits per heavy atom. The molecule has 3 aromatic carbocycles. The van der Waals surface area contributed by atoms with Crippen molar-refractivity contribution >= 4 is 38.2 Å². The fraction of sp³-hybridized carbons (Fsp3) is 0.167. The van der Waals surface area contributed by atoms with Gasteiger partial charge in [0.2, 0.25) is 0 Å². The van der Waals surface area contributed by atoms with E-state index in [0.29, 0.717) is 46.7 Å². The molecule has 1 aliphatic heterocycles. The average Bonchev–Trinajstić information content (AvgIpc) is 3.50. The third-order valence-corrected chi connectivity index (χ3v) is 8.66. The number of anilines is 2. The molecule has 5 aromatic rings. The number of aromatic nitrogens is 3. The second-order valence-corrected chi connectivity index (χ2v) is 11.6. The number of rotatable bonds is 7. The molecule has 0 unspecified atom stereocenters. The van der Waals surface area contributed by atoms with Gasteiger partial charge in [0.25, 0.3) is 15.9 Å². The molecule has 11 heteroatoms. The van der Waals surface area contributed by atoms with Crippen LogP contribution < -0.4 is 10.5 Å². The molecule has 2 aromatic heterocycles. The first-order valence-electron chi connectivity index (χ1n) is 13.2. The van der Waals surface area contributed by atoms with Gasteiger partial charge >= 0.3 is 0 Å². The number of nitrogens with zero attached hydrogens (tertiary/aromatic N) is 4. The monoisotopic (exact) mass is 567 g/mol. The van der Waals surface area contributed by atoms with Gasteiger partial charge < -0.3 is 10.6 Å². The fourth-order valence-corrected chi connectivity index (χ4v) is 6.38. The Kier molecular flexibility index (Phi) is 7.12. The summed E-state index contributed by atoms with van der Waals surface area (Å²) in [5, 5.41) is 7.70. The molecular formula is C30H29N7O3S. The average molecular weight is 568 g/mol. The summed E-state index contributed by atoms with van der Waals surface area (Å²) >= 11 is 0. The zero-order valence-corrected chi connectivity index (χ0v) is 23.0. The van der Waals surface area contributed by atoms with E-state index in [1.807, 2.05) is 47.6 Å². The number of hydrogen-bond acceptors (Lipinski definition) is 7. The number of nitrogens with one attached hydrogen (secondary N) is 2. The van der Waals surface area contributed by atoms with Gasteiger partial charge in [-0.05, 0) is 48.5 Å². The summed E-state index contributed by atoms with van der Waals surface area (Å²) in [4.78, 5) is 21.8. The van der Waals surface area contributed by atoms with Gasteiger partial charge in [-0.3, -0.25) is 24.5 Å². The van der Waals surface area contributed by atoms with E-state index in [-0.39, 0.29) is 10.8 Å². The van der Waals surface area contributed by atoms with E-state index in [1.54, 1.807) is 42.6 Å². The van der Waals surface area contributed by atoms with E-state index in [0.717, 1.165) is 30.6 Å². The third kappa shape index (κ3) is 5.63. The number of carbonyl (C=O) groups is 1. The zero-order valence-electron chi connectivity index (χ0n) is 22.2. The highest BCUT2D eigenvalue weighted by molar-refractivity contribution is 7.92. The first kappa shape index (κ1) is 26.5. The normalized spacial score (nSPS) is 14.3. The summed E-state index contributed by atoms with van der Waals surface area (Å²) in [6.45, 7) is 3.57. The number of hydrogen-bond donors (Lipinski definition) is 3. The predicted octanol–water partition coefficient (Wildman–Crippen LogP) is 3.97. The Morgan fingerprint density at radius 3 is 2.49 bits per heavy atom. The van der Waals surface area contributed by atoms with Crippen LogP contribution in [0.3, 0.4) is 0 Å². The Balaban J connectivity index is 1.18. The van der Waals surface area contributed by atoms with E-state index in [9.17, 15) is 13.2 Å². The van der Waals surface area contributed by atoms with Crippen LogP contribution in [0.25, 0.3) is 22.0 Å². The standard InChI is InChI=1S/C30H29N7O3S/c31-24-8-11-28(27(17-24)26-5-1-3-22-4-2-12-32-29(22)26)41(39,40)35-25-9-6-23(7-10-25)30(38)37-15-13-36(14-16-37)20-21-18-33-34-19-21/h1-12,17-19,35H,13-16,20,31H2,(H,33,34). The van der Waals surface area contributed by atoms with Crippen LogP contribution in [0.2, 0.25) is 0 Å². The van der Waals surface area contributed by atoms with Gasteiger partial charge in [-0.15, -0.1) is 0 Å². The van der Waals surface area contributed by atoms with Crippen LogP contribution in [0.1, 0.15) is 15.9 Å². The SMILES string of the molecule is Nc1ccc(S(=O)(=O)Nc2ccc(C(=O)N3CCN(Cc4cn[nH]c4)CC3)cc2)c(-c2cccc3cccnc23)c1. The molecule has 1 aliphatic rings. The lowest BCUT2D eigenvalue weighted by molar-refractivity contribution is 0.0628. The van der Waals surface area contributed by atoms with E-state index >= 15 is 0 Å². The third-order valence-electron chi connectivity index (χ3n) is 7.22. The van der Waals surface area contributed by atoms with Gasteiger partial charge in [-0.25, -0.2) is 8.42 Å². The van der Waals surface area contributed by atoms with Gasteiger partial charge in [-0.2, -0.15) is 5.10 Å². The van der Waals surface area contributed by atoms with Crippen LogP contribution in [0.4, 0.5) is 11.4 Å². The highest BCUT2D eigenvalue weighted by Gasteiger charge is 2.24. The number of amides is 1. The summed E-state index contributed by atoms with van der Waals surface area (Å²) in [6, 6.07) is 20.6. The van der Waals surface area contributed by atoms with Gasteiger partial charge in [0.1, 0.15) is 0 Å². The van der Waals surface area contributed by atoms with E-state index in [1.165, 1.54) is 6.07 Å². The second-order valence-electron chi connectivity index (χ2n) is 9.99. The molecule has 1 saturated heterocycles. The minimum atomic E-state index is -4.00. The summed E-state index contributed by atoms with van der Waals surface area (Å²) in [7, 11) is -4.00. The first-order valence-corrected chi connectivity index (χ1v) is 14.7. The Hall–Kier alpha value is -4.74. The van der Waals surface area contributed by atoms with E-state index < -0.39 is 10.0 Å². The van der Waals surface area contributed by atoms with Gasteiger partial charge in [0, 0.05) is 84.1 Å². The smallest absolute Gasteiger partial charge is 0.262 e. The number of nitrogen functional groups attached to an aromatic ring is 1. The van der Waals surface area contributed by atoms with Crippen molar-refractivity contribution in [2.24, 2.45) is 0 Å². The number of nitrogens with two attached hydrogens (primary N) is 1. The lowest BCUT2D eigenvalue weighted by Crippen LogP contribution is -2.48. The molecule has 0 aliphatic carbocycles. The number of para-hydroxylation sites is 1. The summed E-state index contributed by atoms with van der Waals surface area (Å²) in [5.74, 6) is -0.0772. The van der Waals surface area contributed by atoms with Crippen molar-refractivity contribution in [1.82, 2.24) is 25.0 Å². The molecule has 6 rings (SSSR count). The molecule has 0 radical (unpaired) electrons. The molecular weight excluding hydrogens is 538 g/mol. The van der Waals surface area contributed by atoms with Crippen molar-refractivity contribution in [1.29, 1.82) is 0 Å². The number of fused-ring (bicyclic) bond motifs is 1. The maximum Gasteiger partial charge on any atom is 0.262 e. The molecule has 3 heterocycles. The van der Waals surface area contributed by atoms with Crippen molar-refractivity contribution < 1.29 is 13.2 Å². The highest BCUT2D eigenvalue weighted by Crippen LogP contribution is 2.34. The lowest BCUT2D eigenvalue weighted by atomic mass is 10.0. The quantitative estimate of drug-likeness (QED) is 0.253. The second kappa shape index (κ2) is 11.0. The molecule has 10 nitrogen and oxygen atoms in total. The molecule has 0 bridgehead atoms. The molecule has 1 fully saturated rings. The molecule has 1 amide bonds. The van der Waals surface area contributed by atoms with E-state index in [2.05, 4.69) is 24.8 Å². The van der Waals surface area contributed by atoms with Crippen molar-refractivity contribution in [3.05, 3.63) is 103 Å². The predicted molar refractivity (Wildman–Crippen MR) is 159 cm³/mol. The zero-order chi connectivity index (χ0) is 28.4. The number of piperazine rings is 1. The maximum atomic E-state index is 13.6. The van der Waals surface area contributed by atoms with Crippen LogP contribution >= 0.6 is 0 Å². The van der Waals surface area contributed by atoms with Gasteiger partial charge in [-0.1, -0.05) is 24.3 Å².